The number of esters is 1. The normalized spacial score (nSPS) is 11.2. The molecule has 1 heterocycles. The molecule has 0 saturated carbocycles. The van der Waals surface area contributed by atoms with Crippen molar-refractivity contribution in [2.45, 2.75) is 13.5 Å². The number of carbonyl (C=O) groups is 1. The van der Waals surface area contributed by atoms with Crippen molar-refractivity contribution in [2.24, 2.45) is 0 Å². The molecule has 0 amide bonds. The Bertz CT molecular complexity index is 586. The molecule has 1 aromatic carbocycles. The van der Waals surface area contributed by atoms with Crippen LogP contribution in [0.1, 0.15) is 6.92 Å². The summed E-state index contributed by atoms with van der Waals surface area (Å²) in [5.74, 6) is -0.313. The molecule has 0 unspecified atom stereocenters. The van der Waals surface area contributed by atoms with Gasteiger partial charge in [-0.05, 0) is 30.5 Å². The number of nitrogens with zero attached hydrogens (tertiary/aromatic N) is 1. The number of rotatable bonds is 4. The quantitative estimate of drug-likeness (QED) is 0.625. The van der Waals surface area contributed by atoms with E-state index in [1.807, 2.05) is 35.0 Å². The highest BCUT2D eigenvalue weighted by Gasteiger charge is 2.00. The molecule has 0 radical (unpaired) electrons. The second-order valence-electron chi connectivity index (χ2n) is 3.83. The predicted molar refractivity (Wildman–Crippen MR) is 72.7 cm³/mol. The van der Waals surface area contributed by atoms with Crippen molar-refractivity contribution in [3.63, 3.8) is 0 Å². The highest BCUT2D eigenvalue weighted by Crippen LogP contribution is 2.20. The number of allylic oxidation sites excluding steroid dienone is 1. The van der Waals surface area contributed by atoms with E-state index in [0.29, 0.717) is 18.2 Å². The number of hydrogen-bond donors (Lipinski definition) is 0. The number of benzene rings is 1. The van der Waals surface area contributed by atoms with Crippen molar-refractivity contribution in [2.75, 3.05) is 6.61 Å². The number of carbonyl (C=O) groups excluding carboxylic acids is 1. The Kier molecular flexibility index (Phi) is 4.05. The fraction of sp³-hybridized carbons (Fsp3) is 0.214. The zero-order valence-corrected chi connectivity index (χ0v) is 10.9. The molecule has 2 rings (SSSR count). The van der Waals surface area contributed by atoms with Gasteiger partial charge < -0.3 is 9.30 Å². The standard InChI is InChI=1S/C14H14ClNO2/c1-2-18-14(17)4-3-8-16-9-7-11-5-6-12(15)10-13(11)16/h3-7,9-10H,2,8H2,1H3/b4-3+. The first-order valence-corrected chi connectivity index (χ1v) is 6.16. The molecule has 3 nitrogen and oxygen atoms in total. The summed E-state index contributed by atoms with van der Waals surface area (Å²) in [5, 5.41) is 1.83. The molecule has 18 heavy (non-hydrogen) atoms. The van der Waals surface area contributed by atoms with Crippen molar-refractivity contribution in [1.82, 2.24) is 4.57 Å². The van der Waals surface area contributed by atoms with Crippen LogP contribution < -0.4 is 0 Å². The summed E-state index contributed by atoms with van der Waals surface area (Å²) < 4.78 is 6.84. The highest BCUT2D eigenvalue weighted by molar-refractivity contribution is 6.31. The molecule has 0 aliphatic carbocycles. The summed E-state index contributed by atoms with van der Waals surface area (Å²) >= 11 is 5.97. The molecule has 0 spiro atoms. The number of ether oxygens (including phenoxy) is 1. The highest BCUT2D eigenvalue weighted by atomic mass is 35.5. The fourth-order valence-electron chi connectivity index (χ4n) is 1.77. The molecular weight excluding hydrogens is 250 g/mol. The molecule has 94 valence electrons. The van der Waals surface area contributed by atoms with Crippen LogP contribution in [0.15, 0.2) is 42.6 Å². The second kappa shape index (κ2) is 5.74. The Labute approximate surface area is 111 Å². The third-order valence-electron chi connectivity index (χ3n) is 2.58. The van der Waals surface area contributed by atoms with Crippen molar-refractivity contribution < 1.29 is 9.53 Å². The van der Waals surface area contributed by atoms with Crippen molar-refractivity contribution in [3.8, 4) is 0 Å². The van der Waals surface area contributed by atoms with Gasteiger partial charge in [0.2, 0.25) is 0 Å². The van der Waals surface area contributed by atoms with E-state index >= 15 is 0 Å². The van der Waals surface area contributed by atoms with E-state index in [-0.39, 0.29) is 5.97 Å². The van der Waals surface area contributed by atoms with Gasteiger partial charge in [0.15, 0.2) is 0 Å². The number of hydrogen-bond acceptors (Lipinski definition) is 2. The van der Waals surface area contributed by atoms with Gasteiger partial charge in [0.05, 0.1) is 6.61 Å². The molecule has 0 aliphatic heterocycles. The zero-order valence-electron chi connectivity index (χ0n) is 10.1. The van der Waals surface area contributed by atoms with Gasteiger partial charge in [-0.15, -0.1) is 0 Å². The fourth-order valence-corrected chi connectivity index (χ4v) is 1.94. The third-order valence-corrected chi connectivity index (χ3v) is 2.81. The summed E-state index contributed by atoms with van der Waals surface area (Å²) in [6.07, 6.45) is 5.19. The van der Waals surface area contributed by atoms with E-state index in [9.17, 15) is 4.79 Å². The third kappa shape index (κ3) is 2.93. The summed E-state index contributed by atoms with van der Waals surface area (Å²) in [4.78, 5) is 11.1. The van der Waals surface area contributed by atoms with Gasteiger partial charge in [0, 0.05) is 29.4 Å². The molecule has 0 saturated heterocycles. The molecule has 0 aliphatic rings. The Morgan fingerprint density at radius 1 is 1.44 bits per heavy atom. The maximum absolute atomic E-state index is 11.1. The van der Waals surface area contributed by atoms with Crippen molar-refractivity contribution in [1.29, 1.82) is 0 Å². The van der Waals surface area contributed by atoms with Crippen LogP contribution in [0.5, 0.6) is 0 Å². The van der Waals surface area contributed by atoms with Crippen molar-refractivity contribution in [3.05, 3.63) is 47.6 Å². The Hall–Kier alpha value is -1.74. The summed E-state index contributed by atoms with van der Waals surface area (Å²) in [7, 11) is 0. The van der Waals surface area contributed by atoms with E-state index in [1.54, 1.807) is 13.0 Å². The summed E-state index contributed by atoms with van der Waals surface area (Å²) in [5.41, 5.74) is 1.05. The van der Waals surface area contributed by atoms with Gasteiger partial charge in [-0.2, -0.15) is 0 Å². The molecule has 0 bridgehead atoms. The molecular formula is C14H14ClNO2. The maximum atomic E-state index is 11.1. The van der Waals surface area contributed by atoms with E-state index in [1.165, 1.54) is 6.08 Å². The van der Waals surface area contributed by atoms with Gasteiger partial charge in [-0.1, -0.05) is 23.7 Å². The van der Waals surface area contributed by atoms with Crippen LogP contribution in [0.25, 0.3) is 10.9 Å². The van der Waals surface area contributed by atoms with Crippen LogP contribution in [-0.2, 0) is 16.1 Å². The second-order valence-corrected chi connectivity index (χ2v) is 4.26. The molecule has 2 aromatic rings. The number of aromatic nitrogens is 1. The zero-order chi connectivity index (χ0) is 13.0. The summed E-state index contributed by atoms with van der Waals surface area (Å²) in [6, 6.07) is 7.77. The Morgan fingerprint density at radius 3 is 3.06 bits per heavy atom. The lowest BCUT2D eigenvalue weighted by atomic mass is 10.2. The minimum atomic E-state index is -0.313. The summed E-state index contributed by atoms with van der Waals surface area (Å²) in [6.45, 7) is 2.79. The molecule has 0 N–H and O–H groups in total. The molecule has 0 atom stereocenters. The first-order chi connectivity index (χ1) is 8.70. The average Bonchev–Trinajstić information content (AvgIpc) is 2.72. The van der Waals surface area contributed by atoms with E-state index in [2.05, 4.69) is 0 Å². The van der Waals surface area contributed by atoms with Crippen LogP contribution in [0.2, 0.25) is 5.02 Å². The number of fused-ring (bicyclic) bond motifs is 1. The van der Waals surface area contributed by atoms with Crippen LogP contribution in [-0.4, -0.2) is 17.1 Å². The van der Waals surface area contributed by atoms with E-state index in [0.717, 1.165) is 10.9 Å². The molecule has 1 aromatic heterocycles. The SMILES string of the molecule is CCOC(=O)/C=C/Cn1ccc2ccc(Cl)cc21. The van der Waals surface area contributed by atoms with Gasteiger partial charge in [0.1, 0.15) is 0 Å². The lowest BCUT2D eigenvalue weighted by Crippen LogP contribution is -2.00. The Balaban J connectivity index is 2.12. The van der Waals surface area contributed by atoms with Crippen LogP contribution >= 0.6 is 11.6 Å². The monoisotopic (exact) mass is 263 g/mol. The van der Waals surface area contributed by atoms with Crippen LogP contribution in [0, 0.1) is 0 Å². The molecule has 4 heteroatoms. The van der Waals surface area contributed by atoms with Crippen LogP contribution in [0.4, 0.5) is 0 Å². The molecule has 0 fully saturated rings. The lowest BCUT2D eigenvalue weighted by molar-refractivity contribution is -0.137. The number of halogens is 1. The smallest absolute Gasteiger partial charge is 0.330 e. The topological polar surface area (TPSA) is 31.2 Å². The van der Waals surface area contributed by atoms with Crippen molar-refractivity contribution >= 4 is 28.5 Å². The first-order valence-electron chi connectivity index (χ1n) is 5.78. The van der Waals surface area contributed by atoms with Gasteiger partial charge >= 0.3 is 5.97 Å². The predicted octanol–water partition coefficient (Wildman–Crippen LogP) is 3.41. The Morgan fingerprint density at radius 2 is 2.28 bits per heavy atom. The minimum absolute atomic E-state index is 0.313. The first kappa shape index (κ1) is 12.7. The maximum Gasteiger partial charge on any atom is 0.330 e. The average molecular weight is 264 g/mol. The van der Waals surface area contributed by atoms with Crippen LogP contribution in [0.3, 0.4) is 0 Å². The minimum Gasteiger partial charge on any atom is -0.463 e. The lowest BCUT2D eigenvalue weighted by Gasteiger charge is -2.01. The van der Waals surface area contributed by atoms with E-state index < -0.39 is 0 Å². The largest absolute Gasteiger partial charge is 0.463 e. The van der Waals surface area contributed by atoms with Gasteiger partial charge in [-0.25, -0.2) is 4.79 Å². The van der Waals surface area contributed by atoms with Gasteiger partial charge in [0.25, 0.3) is 0 Å². The van der Waals surface area contributed by atoms with Gasteiger partial charge in [-0.3, -0.25) is 0 Å². The van der Waals surface area contributed by atoms with E-state index in [4.69, 9.17) is 16.3 Å².